The highest BCUT2D eigenvalue weighted by atomic mass is 16.5. The highest BCUT2D eigenvalue weighted by molar-refractivity contribution is 5.30. The molecule has 0 N–H and O–H groups in total. The van der Waals surface area contributed by atoms with Gasteiger partial charge < -0.3 is 4.74 Å². The minimum Gasteiger partial charge on any atom is -0.489 e. The standard InChI is InChI=1S/C15H16O/c1-13-8-10-15(11-9-13)16-12-14-6-4-2-3-5-7-14/h2-4,6-11H,5,12H2,1H3. The number of hydrogen-bond donors (Lipinski definition) is 0. The fourth-order valence-corrected chi connectivity index (χ4v) is 1.53. The van der Waals surface area contributed by atoms with Crippen molar-refractivity contribution in [2.24, 2.45) is 0 Å². The zero-order valence-corrected chi connectivity index (χ0v) is 9.52. The summed E-state index contributed by atoms with van der Waals surface area (Å²) in [5.41, 5.74) is 2.48. The molecule has 0 spiro atoms. The van der Waals surface area contributed by atoms with Gasteiger partial charge >= 0.3 is 0 Å². The monoisotopic (exact) mass is 212 g/mol. The number of allylic oxidation sites excluding steroid dienone is 4. The van der Waals surface area contributed by atoms with E-state index in [4.69, 9.17) is 4.74 Å². The minimum absolute atomic E-state index is 0.640. The molecule has 2 rings (SSSR count). The lowest BCUT2D eigenvalue weighted by molar-refractivity contribution is 0.355. The van der Waals surface area contributed by atoms with E-state index in [2.05, 4.69) is 49.4 Å². The minimum atomic E-state index is 0.640. The molecule has 0 aliphatic heterocycles. The van der Waals surface area contributed by atoms with Gasteiger partial charge in [-0.1, -0.05) is 48.1 Å². The molecule has 1 heteroatoms. The average molecular weight is 212 g/mol. The lowest BCUT2D eigenvalue weighted by atomic mass is 10.2. The van der Waals surface area contributed by atoms with Gasteiger partial charge in [0.25, 0.3) is 0 Å². The summed E-state index contributed by atoms with van der Waals surface area (Å²) >= 11 is 0. The van der Waals surface area contributed by atoms with Crippen LogP contribution < -0.4 is 4.74 Å². The van der Waals surface area contributed by atoms with E-state index in [1.165, 1.54) is 11.1 Å². The van der Waals surface area contributed by atoms with Crippen molar-refractivity contribution in [3.63, 3.8) is 0 Å². The predicted molar refractivity (Wildman–Crippen MR) is 67.7 cm³/mol. The Balaban J connectivity index is 1.92. The summed E-state index contributed by atoms with van der Waals surface area (Å²) in [6.45, 7) is 2.72. The SMILES string of the molecule is Cc1ccc(OCC2=CCC=CC=C2)cc1. The molecule has 16 heavy (non-hydrogen) atoms. The van der Waals surface area contributed by atoms with Gasteiger partial charge in [0.05, 0.1) is 0 Å². The summed E-state index contributed by atoms with van der Waals surface area (Å²) < 4.78 is 5.71. The third-order valence-electron chi connectivity index (χ3n) is 2.50. The van der Waals surface area contributed by atoms with E-state index in [0.29, 0.717) is 6.61 Å². The number of rotatable bonds is 3. The first-order valence-electron chi connectivity index (χ1n) is 5.56. The van der Waals surface area contributed by atoms with Gasteiger partial charge in [0.15, 0.2) is 0 Å². The topological polar surface area (TPSA) is 9.23 Å². The van der Waals surface area contributed by atoms with Gasteiger partial charge in [-0.2, -0.15) is 0 Å². The highest BCUT2D eigenvalue weighted by Crippen LogP contribution is 2.13. The summed E-state index contributed by atoms with van der Waals surface area (Å²) in [5.74, 6) is 0.928. The Bertz CT molecular complexity index is 421. The molecule has 0 saturated carbocycles. The molecule has 1 aromatic carbocycles. The second-order valence-electron chi connectivity index (χ2n) is 3.90. The summed E-state index contributed by atoms with van der Waals surface area (Å²) in [6.07, 6.45) is 11.5. The molecule has 1 aliphatic carbocycles. The molecular weight excluding hydrogens is 196 g/mol. The first kappa shape index (κ1) is 10.7. The molecule has 1 nitrogen and oxygen atoms in total. The van der Waals surface area contributed by atoms with Gasteiger partial charge in [0.1, 0.15) is 12.4 Å². The van der Waals surface area contributed by atoms with Crippen molar-refractivity contribution in [2.75, 3.05) is 6.61 Å². The second-order valence-corrected chi connectivity index (χ2v) is 3.90. The molecule has 82 valence electrons. The van der Waals surface area contributed by atoms with Crippen LogP contribution in [0, 0.1) is 6.92 Å². The van der Waals surface area contributed by atoms with Crippen molar-refractivity contribution >= 4 is 0 Å². The lowest BCUT2D eigenvalue weighted by Gasteiger charge is -2.06. The maximum absolute atomic E-state index is 5.71. The van der Waals surface area contributed by atoms with Crippen LogP contribution in [0.2, 0.25) is 0 Å². The smallest absolute Gasteiger partial charge is 0.119 e. The Kier molecular flexibility index (Phi) is 3.60. The van der Waals surface area contributed by atoms with Crippen molar-refractivity contribution < 1.29 is 4.74 Å². The maximum atomic E-state index is 5.71. The first-order chi connectivity index (χ1) is 7.84. The largest absolute Gasteiger partial charge is 0.489 e. The van der Waals surface area contributed by atoms with E-state index in [9.17, 15) is 0 Å². The van der Waals surface area contributed by atoms with Gasteiger partial charge in [-0.15, -0.1) is 0 Å². The zero-order valence-electron chi connectivity index (χ0n) is 9.52. The third kappa shape index (κ3) is 3.13. The predicted octanol–water partition coefficient (Wildman–Crippen LogP) is 3.82. The molecule has 0 saturated heterocycles. The summed E-state index contributed by atoms with van der Waals surface area (Å²) in [7, 11) is 0. The van der Waals surface area contributed by atoms with Crippen LogP contribution in [0.15, 0.2) is 60.2 Å². The quantitative estimate of drug-likeness (QED) is 0.740. The van der Waals surface area contributed by atoms with E-state index < -0.39 is 0 Å². The van der Waals surface area contributed by atoms with Crippen LogP contribution in [0.25, 0.3) is 0 Å². The molecular formula is C15H16O. The van der Waals surface area contributed by atoms with E-state index in [-0.39, 0.29) is 0 Å². The van der Waals surface area contributed by atoms with E-state index in [0.717, 1.165) is 12.2 Å². The van der Waals surface area contributed by atoms with Crippen LogP contribution >= 0.6 is 0 Å². The fourth-order valence-electron chi connectivity index (χ4n) is 1.53. The van der Waals surface area contributed by atoms with E-state index in [1.807, 2.05) is 12.1 Å². The summed E-state index contributed by atoms with van der Waals surface area (Å²) in [6, 6.07) is 8.14. The van der Waals surface area contributed by atoms with Crippen molar-refractivity contribution in [3.8, 4) is 5.75 Å². The maximum Gasteiger partial charge on any atom is 0.119 e. The van der Waals surface area contributed by atoms with Gasteiger partial charge in [-0.05, 0) is 31.1 Å². The molecule has 0 heterocycles. The number of ether oxygens (including phenoxy) is 1. The van der Waals surface area contributed by atoms with Crippen LogP contribution in [-0.2, 0) is 0 Å². The Hall–Kier alpha value is -1.76. The van der Waals surface area contributed by atoms with Crippen molar-refractivity contribution in [1.82, 2.24) is 0 Å². The summed E-state index contributed by atoms with van der Waals surface area (Å²) in [5, 5.41) is 0. The van der Waals surface area contributed by atoms with E-state index in [1.54, 1.807) is 0 Å². The second kappa shape index (κ2) is 5.36. The van der Waals surface area contributed by atoms with Crippen molar-refractivity contribution in [2.45, 2.75) is 13.3 Å². The van der Waals surface area contributed by atoms with Crippen LogP contribution in [0.5, 0.6) is 5.75 Å². The number of aryl methyl sites for hydroxylation is 1. The van der Waals surface area contributed by atoms with Crippen LogP contribution in [-0.4, -0.2) is 6.61 Å². The molecule has 0 aromatic heterocycles. The number of hydrogen-bond acceptors (Lipinski definition) is 1. The van der Waals surface area contributed by atoms with Gasteiger partial charge in [-0.25, -0.2) is 0 Å². The van der Waals surface area contributed by atoms with Crippen molar-refractivity contribution in [3.05, 3.63) is 65.8 Å². The van der Waals surface area contributed by atoms with Gasteiger partial charge in [-0.3, -0.25) is 0 Å². The normalized spacial score (nSPS) is 14.4. The van der Waals surface area contributed by atoms with Crippen LogP contribution in [0.3, 0.4) is 0 Å². The van der Waals surface area contributed by atoms with Crippen LogP contribution in [0.1, 0.15) is 12.0 Å². The molecule has 0 amide bonds. The molecule has 0 bridgehead atoms. The van der Waals surface area contributed by atoms with E-state index >= 15 is 0 Å². The van der Waals surface area contributed by atoms with Gasteiger partial charge in [0, 0.05) is 0 Å². The molecule has 0 fully saturated rings. The van der Waals surface area contributed by atoms with Crippen LogP contribution in [0.4, 0.5) is 0 Å². The molecule has 1 aliphatic rings. The lowest BCUT2D eigenvalue weighted by Crippen LogP contribution is -1.99. The Labute approximate surface area is 96.8 Å². The zero-order chi connectivity index (χ0) is 11.2. The molecule has 1 aromatic rings. The number of benzene rings is 1. The first-order valence-corrected chi connectivity index (χ1v) is 5.56. The Morgan fingerprint density at radius 2 is 1.94 bits per heavy atom. The molecule has 0 unspecified atom stereocenters. The Morgan fingerprint density at radius 3 is 2.75 bits per heavy atom. The molecule has 0 atom stereocenters. The highest BCUT2D eigenvalue weighted by Gasteiger charge is 1.96. The van der Waals surface area contributed by atoms with Gasteiger partial charge in [0.2, 0.25) is 0 Å². The molecule has 0 radical (unpaired) electrons. The van der Waals surface area contributed by atoms with Crippen molar-refractivity contribution in [1.29, 1.82) is 0 Å². The fraction of sp³-hybridized carbons (Fsp3) is 0.200. The average Bonchev–Trinajstić information content (AvgIpc) is 2.57. The third-order valence-corrected chi connectivity index (χ3v) is 2.50. The summed E-state index contributed by atoms with van der Waals surface area (Å²) in [4.78, 5) is 0. The Morgan fingerprint density at radius 1 is 1.12 bits per heavy atom.